The van der Waals surface area contributed by atoms with Crippen LogP contribution >= 0.6 is 0 Å². The lowest BCUT2D eigenvalue weighted by atomic mass is 9.92. The van der Waals surface area contributed by atoms with Crippen LogP contribution in [0, 0.1) is 0 Å². The molecule has 2 heteroatoms. The summed E-state index contributed by atoms with van der Waals surface area (Å²) in [7, 11) is 0. The first-order valence-corrected chi connectivity index (χ1v) is 22.3. The average Bonchev–Trinajstić information content (AvgIpc) is 3.57. The second-order valence-electron chi connectivity index (χ2n) is 15.8. The number of hydrogen-bond acceptors (Lipinski definition) is 0. The number of aromatic nitrogens is 2. The summed E-state index contributed by atoms with van der Waals surface area (Å²) in [6.07, 6.45) is 56.1. The normalized spacial score (nSPS) is 13.0. The second-order valence-corrected chi connectivity index (χ2v) is 15.8. The number of H-pyrrole nitrogens is 1. The summed E-state index contributed by atoms with van der Waals surface area (Å²) in [6, 6.07) is 0.618. The summed E-state index contributed by atoms with van der Waals surface area (Å²) in [4.78, 5) is 3.77. The number of aromatic amines is 1. The molecule has 1 rings (SSSR count). The molecular weight excluding hydrogens is 569 g/mol. The van der Waals surface area contributed by atoms with Crippen LogP contribution in [0.4, 0.5) is 0 Å². The van der Waals surface area contributed by atoms with E-state index < -0.39 is 0 Å². The fourth-order valence-corrected chi connectivity index (χ4v) is 7.84. The van der Waals surface area contributed by atoms with Gasteiger partial charge in [0, 0.05) is 0 Å². The fourth-order valence-electron chi connectivity index (χ4n) is 7.84. The van der Waals surface area contributed by atoms with Crippen LogP contribution in [0.25, 0.3) is 0 Å². The van der Waals surface area contributed by atoms with Gasteiger partial charge in [-0.2, -0.15) is 0 Å². The van der Waals surface area contributed by atoms with Crippen molar-refractivity contribution in [2.45, 2.75) is 271 Å². The molecule has 0 saturated carbocycles. The van der Waals surface area contributed by atoms with E-state index in [0.717, 1.165) is 0 Å². The summed E-state index contributed by atoms with van der Waals surface area (Å²) in [5, 5.41) is 0. The molecule has 0 aromatic carbocycles. The monoisotopic (exact) mass is 658 g/mol. The first-order valence-electron chi connectivity index (χ1n) is 22.3. The standard InChI is InChI=1S/C45H88N2/c1-5-8-11-14-17-20-22-24-26-28-31-34-37-40-44(39-36-33-30-19-16-13-10-7-3)45-46-41-42-47(45)43(4)38-35-32-29-27-25-23-21-18-15-12-9-6-2/h41-44H,5-40H2,1-4H3/p+1. The molecular formula is C45H89N2+. The van der Waals surface area contributed by atoms with Gasteiger partial charge >= 0.3 is 0 Å². The van der Waals surface area contributed by atoms with Crippen molar-refractivity contribution in [2.24, 2.45) is 0 Å². The highest BCUT2D eigenvalue weighted by Crippen LogP contribution is 2.27. The van der Waals surface area contributed by atoms with E-state index in [2.05, 4.69) is 49.6 Å². The molecule has 1 heterocycles. The maximum Gasteiger partial charge on any atom is 0.257 e. The second kappa shape index (κ2) is 35.1. The zero-order chi connectivity index (χ0) is 33.9. The van der Waals surface area contributed by atoms with Crippen LogP contribution < -0.4 is 4.57 Å². The Morgan fingerprint density at radius 1 is 0.404 bits per heavy atom. The van der Waals surface area contributed by atoms with Gasteiger partial charge in [0.25, 0.3) is 5.82 Å². The summed E-state index contributed by atoms with van der Waals surface area (Å²) in [6.45, 7) is 9.43. The number of unbranched alkanes of at least 4 members (excludes halogenated alkanes) is 30. The highest BCUT2D eigenvalue weighted by Gasteiger charge is 2.25. The molecule has 0 aliphatic carbocycles. The predicted octanol–water partition coefficient (Wildman–Crippen LogP) is 16.1. The van der Waals surface area contributed by atoms with Crippen molar-refractivity contribution >= 4 is 0 Å². The van der Waals surface area contributed by atoms with Gasteiger partial charge in [0.2, 0.25) is 0 Å². The van der Waals surface area contributed by atoms with E-state index in [-0.39, 0.29) is 0 Å². The van der Waals surface area contributed by atoms with Gasteiger partial charge in [0.05, 0.1) is 12.0 Å². The largest absolute Gasteiger partial charge is 0.257 e. The summed E-state index contributed by atoms with van der Waals surface area (Å²) in [5.74, 6) is 2.25. The van der Waals surface area contributed by atoms with Crippen LogP contribution in [-0.4, -0.2) is 4.98 Å². The van der Waals surface area contributed by atoms with Crippen LogP contribution in [-0.2, 0) is 0 Å². The minimum Gasteiger partial charge on any atom is -0.247 e. The molecule has 1 N–H and O–H groups in total. The van der Waals surface area contributed by atoms with Crippen molar-refractivity contribution in [3.05, 3.63) is 18.2 Å². The van der Waals surface area contributed by atoms with Crippen LogP contribution in [0.2, 0.25) is 0 Å². The minimum atomic E-state index is 0.618. The Kier molecular flexibility index (Phi) is 33.0. The first kappa shape index (κ1) is 44.2. The Hall–Kier alpha value is -0.790. The minimum absolute atomic E-state index is 0.618. The van der Waals surface area contributed by atoms with E-state index in [0.29, 0.717) is 12.0 Å². The third-order valence-electron chi connectivity index (χ3n) is 11.1. The molecule has 47 heavy (non-hydrogen) atoms. The van der Waals surface area contributed by atoms with Crippen molar-refractivity contribution < 1.29 is 4.57 Å². The molecule has 2 unspecified atom stereocenters. The number of nitrogens with one attached hydrogen (secondary N) is 1. The Bertz CT molecular complexity index is 723. The van der Waals surface area contributed by atoms with Gasteiger partial charge in [-0.25, -0.2) is 9.55 Å². The van der Waals surface area contributed by atoms with E-state index in [1.807, 2.05) is 0 Å². The van der Waals surface area contributed by atoms with Gasteiger partial charge in [0.1, 0.15) is 12.4 Å². The van der Waals surface area contributed by atoms with E-state index in [1.54, 1.807) is 5.82 Å². The molecule has 0 aliphatic rings. The summed E-state index contributed by atoms with van der Waals surface area (Å²) >= 11 is 0. The number of rotatable bonds is 38. The third kappa shape index (κ3) is 26.7. The quantitative estimate of drug-likeness (QED) is 0.0539. The number of imidazole rings is 1. The third-order valence-corrected chi connectivity index (χ3v) is 11.1. The van der Waals surface area contributed by atoms with Crippen LogP contribution in [0.1, 0.15) is 277 Å². The zero-order valence-electron chi connectivity index (χ0n) is 33.2. The van der Waals surface area contributed by atoms with E-state index in [4.69, 9.17) is 0 Å². The van der Waals surface area contributed by atoms with Crippen LogP contribution in [0.3, 0.4) is 0 Å². The molecule has 2 nitrogen and oxygen atoms in total. The maximum atomic E-state index is 3.77. The fraction of sp³-hybridized carbons (Fsp3) is 0.933. The van der Waals surface area contributed by atoms with Gasteiger partial charge < -0.3 is 0 Å². The van der Waals surface area contributed by atoms with Gasteiger partial charge in [-0.3, -0.25) is 0 Å². The Morgan fingerprint density at radius 3 is 1.00 bits per heavy atom. The Balaban J connectivity index is 2.37. The topological polar surface area (TPSA) is 19.7 Å². The molecule has 0 radical (unpaired) electrons. The van der Waals surface area contributed by atoms with Crippen molar-refractivity contribution in [2.75, 3.05) is 0 Å². The van der Waals surface area contributed by atoms with Gasteiger partial charge in [-0.1, -0.05) is 226 Å². The molecule has 0 amide bonds. The average molecular weight is 658 g/mol. The predicted molar refractivity (Wildman–Crippen MR) is 212 cm³/mol. The molecule has 0 aliphatic heterocycles. The van der Waals surface area contributed by atoms with Crippen molar-refractivity contribution in [3.8, 4) is 0 Å². The van der Waals surface area contributed by atoms with Crippen molar-refractivity contribution in [1.82, 2.24) is 4.98 Å². The molecule has 2 atom stereocenters. The zero-order valence-corrected chi connectivity index (χ0v) is 33.2. The molecule has 1 aromatic rings. The van der Waals surface area contributed by atoms with E-state index >= 15 is 0 Å². The lowest BCUT2D eigenvalue weighted by Gasteiger charge is -2.17. The smallest absolute Gasteiger partial charge is 0.247 e. The SMILES string of the molecule is CCCCCCCCCCCCCCCC(CCCCCCCCCC)c1[nH]cc[n+]1C(C)CCCCCCCCCCCCCC. The van der Waals surface area contributed by atoms with Gasteiger partial charge in [-0.15, -0.1) is 0 Å². The first-order chi connectivity index (χ1) is 23.2. The number of hydrogen-bond donors (Lipinski definition) is 1. The van der Waals surface area contributed by atoms with Gasteiger partial charge in [-0.05, 0) is 32.6 Å². The lowest BCUT2D eigenvalue weighted by molar-refractivity contribution is -0.727. The van der Waals surface area contributed by atoms with Crippen molar-refractivity contribution in [1.29, 1.82) is 0 Å². The Labute approximate surface area is 297 Å². The molecule has 278 valence electrons. The van der Waals surface area contributed by atoms with Crippen molar-refractivity contribution in [3.63, 3.8) is 0 Å². The van der Waals surface area contributed by atoms with Crippen LogP contribution in [0.15, 0.2) is 12.4 Å². The lowest BCUT2D eigenvalue weighted by Crippen LogP contribution is -2.41. The van der Waals surface area contributed by atoms with E-state index in [9.17, 15) is 0 Å². The highest BCUT2D eigenvalue weighted by molar-refractivity contribution is 4.90. The molecule has 0 saturated heterocycles. The summed E-state index contributed by atoms with van der Waals surface area (Å²) < 4.78 is 2.65. The van der Waals surface area contributed by atoms with Gasteiger partial charge in [0.15, 0.2) is 0 Å². The molecule has 0 fully saturated rings. The van der Waals surface area contributed by atoms with Crippen LogP contribution in [0.5, 0.6) is 0 Å². The number of nitrogens with zero attached hydrogens (tertiary/aromatic N) is 1. The van der Waals surface area contributed by atoms with E-state index in [1.165, 1.54) is 231 Å². The highest BCUT2D eigenvalue weighted by atomic mass is 15.1. The maximum absolute atomic E-state index is 3.77. The molecule has 1 aromatic heterocycles. The molecule has 0 bridgehead atoms. The summed E-state index contributed by atoms with van der Waals surface area (Å²) in [5.41, 5.74) is 0. The Morgan fingerprint density at radius 2 is 0.681 bits per heavy atom. The molecule has 0 spiro atoms.